The van der Waals surface area contributed by atoms with Crippen LogP contribution >= 0.6 is 23.4 Å². The first-order chi connectivity index (χ1) is 13.9. The van der Waals surface area contributed by atoms with Gasteiger partial charge in [0.1, 0.15) is 6.33 Å². The lowest BCUT2D eigenvalue weighted by molar-refractivity contribution is -0.132. The Morgan fingerprint density at radius 2 is 1.86 bits per heavy atom. The van der Waals surface area contributed by atoms with E-state index in [0.29, 0.717) is 23.3 Å². The first-order valence-electron chi connectivity index (χ1n) is 9.51. The van der Waals surface area contributed by atoms with E-state index < -0.39 is 0 Å². The summed E-state index contributed by atoms with van der Waals surface area (Å²) in [6, 6.07) is 7.93. The first kappa shape index (κ1) is 21.4. The van der Waals surface area contributed by atoms with Crippen LogP contribution < -0.4 is 10.2 Å². The van der Waals surface area contributed by atoms with Crippen molar-refractivity contribution >= 4 is 40.9 Å². The fourth-order valence-corrected chi connectivity index (χ4v) is 4.02. The molecule has 1 N–H and O–H groups in total. The van der Waals surface area contributed by atoms with Crippen LogP contribution in [-0.2, 0) is 9.59 Å². The predicted octanol–water partition coefficient (Wildman–Crippen LogP) is 2.07. The minimum Gasteiger partial charge on any atom is -0.368 e. The van der Waals surface area contributed by atoms with Crippen molar-refractivity contribution in [2.45, 2.75) is 25.0 Å². The van der Waals surface area contributed by atoms with Gasteiger partial charge in [-0.1, -0.05) is 23.4 Å². The summed E-state index contributed by atoms with van der Waals surface area (Å²) in [7, 11) is 0. The Balaban J connectivity index is 1.39. The van der Waals surface area contributed by atoms with E-state index in [1.165, 1.54) is 11.8 Å². The molecule has 0 aliphatic carbocycles. The molecule has 8 nitrogen and oxygen atoms in total. The Morgan fingerprint density at radius 3 is 2.52 bits per heavy atom. The minimum atomic E-state index is -0.193. The van der Waals surface area contributed by atoms with Gasteiger partial charge < -0.3 is 19.7 Å². The van der Waals surface area contributed by atoms with Gasteiger partial charge in [0.15, 0.2) is 5.16 Å². The maximum atomic E-state index is 12.4. The number of nitrogens with one attached hydrogen (secondary N) is 1. The molecular weight excluding hydrogens is 412 g/mol. The lowest BCUT2D eigenvalue weighted by Crippen LogP contribution is -2.51. The number of piperazine rings is 1. The minimum absolute atomic E-state index is 0.0111. The smallest absolute Gasteiger partial charge is 0.242 e. The van der Waals surface area contributed by atoms with Gasteiger partial charge in [0.2, 0.25) is 11.8 Å². The van der Waals surface area contributed by atoms with Gasteiger partial charge in [-0.3, -0.25) is 9.59 Å². The van der Waals surface area contributed by atoms with Crippen LogP contribution in [-0.4, -0.2) is 70.0 Å². The zero-order chi connectivity index (χ0) is 20.8. The lowest BCUT2D eigenvalue weighted by atomic mass is 10.2. The first-order valence-corrected chi connectivity index (χ1v) is 10.9. The largest absolute Gasteiger partial charge is 0.368 e. The highest BCUT2D eigenvalue weighted by atomic mass is 35.5. The molecule has 0 bridgehead atoms. The average Bonchev–Trinajstić information content (AvgIpc) is 3.20. The van der Waals surface area contributed by atoms with E-state index in [0.717, 1.165) is 18.8 Å². The average molecular weight is 437 g/mol. The zero-order valence-electron chi connectivity index (χ0n) is 16.5. The van der Waals surface area contributed by atoms with Crippen molar-refractivity contribution in [1.29, 1.82) is 0 Å². The van der Waals surface area contributed by atoms with Crippen molar-refractivity contribution in [1.82, 2.24) is 25.0 Å². The number of carbonyl (C=O) groups excluding carboxylic acids is 2. The lowest BCUT2D eigenvalue weighted by Gasteiger charge is -2.36. The molecule has 0 atom stereocenters. The van der Waals surface area contributed by atoms with Crippen molar-refractivity contribution in [3.63, 3.8) is 0 Å². The van der Waals surface area contributed by atoms with E-state index in [1.807, 2.05) is 42.7 Å². The van der Waals surface area contributed by atoms with E-state index >= 15 is 0 Å². The summed E-state index contributed by atoms with van der Waals surface area (Å²) in [5, 5.41) is 12.0. The number of rotatable bonds is 7. The zero-order valence-corrected chi connectivity index (χ0v) is 18.1. The summed E-state index contributed by atoms with van der Waals surface area (Å²) in [5.41, 5.74) is 1.10. The van der Waals surface area contributed by atoms with Gasteiger partial charge in [0.05, 0.1) is 12.3 Å². The SMILES string of the molecule is CC(C)n1cnnc1SCC(=O)NCC(=O)N1CCN(c2ccc(Cl)cc2)CC1. The number of nitrogens with zero attached hydrogens (tertiary/aromatic N) is 5. The third-order valence-electron chi connectivity index (χ3n) is 4.69. The highest BCUT2D eigenvalue weighted by molar-refractivity contribution is 7.99. The van der Waals surface area contributed by atoms with Crippen LogP contribution in [0.15, 0.2) is 35.7 Å². The number of benzene rings is 1. The summed E-state index contributed by atoms with van der Waals surface area (Å²) in [4.78, 5) is 28.5. The van der Waals surface area contributed by atoms with E-state index in [9.17, 15) is 9.59 Å². The molecule has 1 fully saturated rings. The molecule has 1 aliphatic heterocycles. The van der Waals surface area contributed by atoms with Crippen LogP contribution in [0.4, 0.5) is 5.69 Å². The predicted molar refractivity (Wildman–Crippen MR) is 114 cm³/mol. The number of amides is 2. The molecule has 2 heterocycles. The number of anilines is 1. The molecule has 0 radical (unpaired) electrons. The second-order valence-electron chi connectivity index (χ2n) is 7.02. The number of carbonyl (C=O) groups is 2. The topological polar surface area (TPSA) is 83.4 Å². The molecule has 0 spiro atoms. The van der Waals surface area contributed by atoms with Crippen LogP contribution in [0, 0.1) is 0 Å². The van der Waals surface area contributed by atoms with Crippen molar-refractivity contribution < 1.29 is 9.59 Å². The summed E-state index contributed by atoms with van der Waals surface area (Å²) in [6.45, 7) is 6.83. The van der Waals surface area contributed by atoms with Crippen LogP contribution in [0.3, 0.4) is 0 Å². The summed E-state index contributed by atoms with van der Waals surface area (Å²) in [6.07, 6.45) is 1.65. The monoisotopic (exact) mass is 436 g/mol. The molecule has 156 valence electrons. The third kappa shape index (κ3) is 5.86. The Hall–Kier alpha value is -2.26. The van der Waals surface area contributed by atoms with Crippen molar-refractivity contribution in [2.24, 2.45) is 0 Å². The quantitative estimate of drug-likeness (QED) is 0.669. The van der Waals surface area contributed by atoms with Crippen molar-refractivity contribution in [3.05, 3.63) is 35.6 Å². The van der Waals surface area contributed by atoms with Crippen LogP contribution in [0.5, 0.6) is 0 Å². The van der Waals surface area contributed by atoms with E-state index in [2.05, 4.69) is 20.4 Å². The normalized spacial score (nSPS) is 14.3. The second kappa shape index (κ2) is 9.98. The Kier molecular flexibility index (Phi) is 7.38. The van der Waals surface area contributed by atoms with Gasteiger partial charge >= 0.3 is 0 Å². The van der Waals surface area contributed by atoms with E-state index in [1.54, 1.807) is 11.2 Å². The van der Waals surface area contributed by atoms with Gasteiger partial charge in [0.25, 0.3) is 0 Å². The molecule has 10 heteroatoms. The highest BCUT2D eigenvalue weighted by Gasteiger charge is 2.21. The molecule has 3 rings (SSSR count). The number of hydrogen-bond donors (Lipinski definition) is 1. The summed E-state index contributed by atoms with van der Waals surface area (Å²) >= 11 is 7.25. The molecule has 1 aromatic carbocycles. The molecule has 0 saturated carbocycles. The van der Waals surface area contributed by atoms with Gasteiger partial charge in [-0.05, 0) is 38.1 Å². The molecular formula is C19H25ClN6O2S. The molecule has 1 aliphatic rings. The van der Waals surface area contributed by atoms with Gasteiger partial charge in [-0.2, -0.15) is 0 Å². The summed E-state index contributed by atoms with van der Waals surface area (Å²) in [5.74, 6) is -0.0610. The molecule has 29 heavy (non-hydrogen) atoms. The Labute approximate surface area is 179 Å². The van der Waals surface area contributed by atoms with Crippen LogP contribution in [0.2, 0.25) is 5.02 Å². The molecule has 1 saturated heterocycles. The number of halogens is 1. The Bertz CT molecular complexity index is 833. The molecule has 2 aromatic rings. The van der Waals surface area contributed by atoms with E-state index in [-0.39, 0.29) is 30.2 Å². The molecule has 1 aromatic heterocycles. The van der Waals surface area contributed by atoms with Crippen molar-refractivity contribution in [2.75, 3.05) is 43.4 Å². The maximum absolute atomic E-state index is 12.4. The molecule has 0 unspecified atom stereocenters. The van der Waals surface area contributed by atoms with Crippen LogP contribution in [0.25, 0.3) is 0 Å². The van der Waals surface area contributed by atoms with Gasteiger partial charge in [0, 0.05) is 42.9 Å². The van der Waals surface area contributed by atoms with Crippen LogP contribution in [0.1, 0.15) is 19.9 Å². The van der Waals surface area contributed by atoms with E-state index in [4.69, 9.17) is 11.6 Å². The fourth-order valence-electron chi connectivity index (χ4n) is 3.02. The highest BCUT2D eigenvalue weighted by Crippen LogP contribution is 2.20. The van der Waals surface area contributed by atoms with Gasteiger partial charge in [-0.25, -0.2) is 0 Å². The fraction of sp³-hybridized carbons (Fsp3) is 0.474. The van der Waals surface area contributed by atoms with Crippen molar-refractivity contribution in [3.8, 4) is 0 Å². The second-order valence-corrected chi connectivity index (χ2v) is 8.40. The summed E-state index contributed by atoms with van der Waals surface area (Å²) < 4.78 is 1.91. The Morgan fingerprint density at radius 1 is 1.17 bits per heavy atom. The standard InChI is InChI=1S/C19H25ClN6O2S/c1-14(2)26-13-22-23-19(26)29-12-17(27)21-11-18(28)25-9-7-24(8-10-25)16-5-3-15(20)4-6-16/h3-6,13-14H,7-12H2,1-2H3,(H,21,27). The third-order valence-corrected chi connectivity index (χ3v) is 5.90. The van der Waals surface area contributed by atoms with Gasteiger partial charge in [-0.15, -0.1) is 10.2 Å². The number of thioether (sulfide) groups is 1. The molecule has 2 amide bonds. The maximum Gasteiger partial charge on any atom is 0.242 e. The number of hydrogen-bond acceptors (Lipinski definition) is 6. The number of aromatic nitrogens is 3.